The summed E-state index contributed by atoms with van der Waals surface area (Å²) in [6.45, 7) is 7.88. The summed E-state index contributed by atoms with van der Waals surface area (Å²) in [4.78, 5) is 4.75. The third-order valence-corrected chi connectivity index (χ3v) is 4.83. The summed E-state index contributed by atoms with van der Waals surface area (Å²) in [5.41, 5.74) is 2.23. The average molecular weight is 364 g/mol. The predicted molar refractivity (Wildman–Crippen MR) is 105 cm³/mol. The second-order valence-corrected chi connectivity index (χ2v) is 6.69. The van der Waals surface area contributed by atoms with Gasteiger partial charge in [0.2, 0.25) is 0 Å². The van der Waals surface area contributed by atoms with E-state index < -0.39 is 0 Å². The third-order valence-electron chi connectivity index (χ3n) is 4.83. The lowest BCUT2D eigenvalue weighted by atomic mass is 9.94. The van der Waals surface area contributed by atoms with Crippen molar-refractivity contribution < 1.29 is 14.2 Å². The minimum Gasteiger partial charge on any atom is -0.496 e. The zero-order valence-electron chi connectivity index (χ0n) is 16.6. The molecule has 1 aliphatic rings. The van der Waals surface area contributed by atoms with Crippen LogP contribution < -0.4 is 15.4 Å². The zero-order valence-corrected chi connectivity index (χ0v) is 16.6. The van der Waals surface area contributed by atoms with Crippen LogP contribution in [0.1, 0.15) is 30.9 Å². The molecule has 0 atom stereocenters. The number of hydrogen-bond donors (Lipinski definition) is 2. The molecule has 6 nitrogen and oxygen atoms in total. The molecule has 146 valence electrons. The number of benzene rings is 1. The Morgan fingerprint density at radius 2 is 2.00 bits per heavy atom. The van der Waals surface area contributed by atoms with Gasteiger partial charge in [-0.05, 0) is 31.9 Å². The Morgan fingerprint density at radius 1 is 1.23 bits per heavy atom. The van der Waals surface area contributed by atoms with Crippen LogP contribution in [0.2, 0.25) is 0 Å². The Hall–Kier alpha value is -1.79. The van der Waals surface area contributed by atoms with Crippen LogP contribution >= 0.6 is 0 Å². The normalized spacial score (nSPS) is 17.0. The number of methoxy groups -OCH3 is 2. The Balaban J connectivity index is 1.94. The van der Waals surface area contributed by atoms with Crippen molar-refractivity contribution in [2.24, 2.45) is 4.99 Å². The molecule has 0 bridgehead atoms. The van der Waals surface area contributed by atoms with E-state index in [0.29, 0.717) is 6.54 Å². The molecule has 1 aromatic rings. The Kier molecular flexibility index (Phi) is 8.19. The van der Waals surface area contributed by atoms with Gasteiger partial charge < -0.3 is 24.8 Å². The fraction of sp³-hybridized carbons (Fsp3) is 0.650. The van der Waals surface area contributed by atoms with Crippen molar-refractivity contribution in [3.8, 4) is 5.75 Å². The quantitative estimate of drug-likeness (QED) is 0.548. The van der Waals surface area contributed by atoms with Crippen molar-refractivity contribution in [1.82, 2.24) is 10.6 Å². The van der Waals surface area contributed by atoms with E-state index >= 15 is 0 Å². The maximum absolute atomic E-state index is 5.77. The molecule has 6 heteroatoms. The summed E-state index contributed by atoms with van der Waals surface area (Å²) in [6.07, 6.45) is 2.64. The number of nitrogens with zero attached hydrogens (tertiary/aromatic N) is 1. The SMILES string of the molecule is CCNC(=NCC1(OC)CCOCC1)NCCc1cc(C)ccc1OC. The first-order valence-corrected chi connectivity index (χ1v) is 9.41. The van der Waals surface area contributed by atoms with Crippen molar-refractivity contribution in [3.05, 3.63) is 29.3 Å². The molecule has 1 aliphatic heterocycles. The second kappa shape index (κ2) is 10.4. The summed E-state index contributed by atoms with van der Waals surface area (Å²) in [7, 11) is 3.48. The van der Waals surface area contributed by atoms with Crippen LogP contribution in [-0.2, 0) is 15.9 Å². The molecule has 1 aromatic carbocycles. The van der Waals surface area contributed by atoms with Crippen LogP contribution in [-0.4, -0.2) is 58.6 Å². The maximum atomic E-state index is 5.77. The van der Waals surface area contributed by atoms with E-state index in [-0.39, 0.29) is 5.60 Å². The topological polar surface area (TPSA) is 64.1 Å². The lowest BCUT2D eigenvalue weighted by molar-refractivity contribution is -0.0828. The smallest absolute Gasteiger partial charge is 0.191 e. The maximum Gasteiger partial charge on any atom is 0.191 e. The monoisotopic (exact) mass is 363 g/mol. The van der Waals surface area contributed by atoms with E-state index in [9.17, 15) is 0 Å². The first kappa shape index (κ1) is 20.5. The van der Waals surface area contributed by atoms with Crippen molar-refractivity contribution in [3.63, 3.8) is 0 Å². The van der Waals surface area contributed by atoms with Gasteiger partial charge in [0.15, 0.2) is 5.96 Å². The number of ether oxygens (including phenoxy) is 3. The Labute approximate surface area is 157 Å². The largest absolute Gasteiger partial charge is 0.496 e. The molecule has 0 aromatic heterocycles. The molecule has 2 N–H and O–H groups in total. The van der Waals surface area contributed by atoms with Gasteiger partial charge in [0.25, 0.3) is 0 Å². The predicted octanol–water partition coefficient (Wildman–Crippen LogP) is 2.30. The zero-order chi connectivity index (χ0) is 18.8. The van der Waals surface area contributed by atoms with E-state index in [0.717, 1.165) is 57.3 Å². The van der Waals surface area contributed by atoms with Crippen molar-refractivity contribution in [2.75, 3.05) is 47.1 Å². The average Bonchev–Trinajstić information content (AvgIpc) is 2.67. The molecule has 0 aliphatic carbocycles. The molecular weight excluding hydrogens is 330 g/mol. The van der Waals surface area contributed by atoms with E-state index in [4.69, 9.17) is 19.2 Å². The summed E-state index contributed by atoms with van der Waals surface area (Å²) >= 11 is 0. The van der Waals surface area contributed by atoms with Crippen molar-refractivity contribution in [1.29, 1.82) is 0 Å². The van der Waals surface area contributed by atoms with Crippen LogP contribution in [0.5, 0.6) is 5.75 Å². The number of nitrogens with one attached hydrogen (secondary N) is 2. The highest BCUT2D eigenvalue weighted by molar-refractivity contribution is 5.79. The second-order valence-electron chi connectivity index (χ2n) is 6.69. The first-order chi connectivity index (χ1) is 12.6. The highest BCUT2D eigenvalue weighted by Gasteiger charge is 2.32. The molecule has 0 spiro atoms. The van der Waals surface area contributed by atoms with E-state index in [2.05, 4.69) is 36.6 Å². The lowest BCUT2D eigenvalue weighted by Gasteiger charge is -2.34. The number of rotatable bonds is 8. The van der Waals surface area contributed by atoms with Crippen LogP contribution in [0.3, 0.4) is 0 Å². The minimum absolute atomic E-state index is 0.208. The molecule has 0 saturated carbocycles. The van der Waals surface area contributed by atoms with Gasteiger partial charge in [-0.3, -0.25) is 4.99 Å². The van der Waals surface area contributed by atoms with Crippen molar-refractivity contribution in [2.45, 2.75) is 38.7 Å². The molecule has 0 amide bonds. The number of guanidine groups is 1. The van der Waals surface area contributed by atoms with Gasteiger partial charge in [-0.1, -0.05) is 17.7 Å². The molecule has 2 rings (SSSR count). The highest BCUT2D eigenvalue weighted by Crippen LogP contribution is 2.24. The minimum atomic E-state index is -0.208. The van der Waals surface area contributed by atoms with Gasteiger partial charge in [-0.25, -0.2) is 0 Å². The van der Waals surface area contributed by atoms with Gasteiger partial charge in [0, 0.05) is 46.3 Å². The van der Waals surface area contributed by atoms with Crippen LogP contribution in [0.15, 0.2) is 23.2 Å². The standard InChI is InChI=1S/C20H33N3O3/c1-5-21-19(23-15-20(25-4)9-12-26-13-10-20)22-11-8-17-14-16(2)6-7-18(17)24-3/h6-7,14H,5,8-13,15H2,1-4H3,(H2,21,22,23). The van der Waals surface area contributed by atoms with Crippen molar-refractivity contribution >= 4 is 5.96 Å². The van der Waals surface area contributed by atoms with E-state index in [1.165, 1.54) is 11.1 Å². The molecule has 0 radical (unpaired) electrons. The third kappa shape index (κ3) is 5.88. The van der Waals surface area contributed by atoms with Gasteiger partial charge in [0.05, 0.1) is 19.3 Å². The number of aliphatic imine (C=N–C) groups is 1. The van der Waals surface area contributed by atoms with Gasteiger partial charge in [-0.2, -0.15) is 0 Å². The van der Waals surface area contributed by atoms with Gasteiger partial charge >= 0.3 is 0 Å². The summed E-state index contributed by atoms with van der Waals surface area (Å²) in [5, 5.41) is 6.73. The number of hydrogen-bond acceptors (Lipinski definition) is 4. The van der Waals surface area contributed by atoms with Crippen LogP contribution in [0, 0.1) is 6.92 Å². The van der Waals surface area contributed by atoms with E-state index in [1.807, 2.05) is 6.07 Å². The first-order valence-electron chi connectivity index (χ1n) is 9.41. The molecular formula is C20H33N3O3. The summed E-state index contributed by atoms with van der Waals surface area (Å²) in [5.74, 6) is 1.75. The van der Waals surface area contributed by atoms with Gasteiger partial charge in [-0.15, -0.1) is 0 Å². The number of aryl methyl sites for hydroxylation is 1. The molecule has 0 unspecified atom stereocenters. The van der Waals surface area contributed by atoms with Gasteiger partial charge in [0.1, 0.15) is 5.75 Å². The van der Waals surface area contributed by atoms with E-state index in [1.54, 1.807) is 14.2 Å². The lowest BCUT2D eigenvalue weighted by Crippen LogP contribution is -2.44. The summed E-state index contributed by atoms with van der Waals surface area (Å²) in [6, 6.07) is 6.27. The summed E-state index contributed by atoms with van der Waals surface area (Å²) < 4.78 is 16.7. The fourth-order valence-corrected chi connectivity index (χ4v) is 3.15. The fourth-order valence-electron chi connectivity index (χ4n) is 3.15. The van der Waals surface area contributed by atoms with Crippen LogP contribution in [0.25, 0.3) is 0 Å². The molecule has 1 saturated heterocycles. The Morgan fingerprint density at radius 3 is 2.65 bits per heavy atom. The molecule has 26 heavy (non-hydrogen) atoms. The molecule has 1 heterocycles. The molecule has 1 fully saturated rings. The Bertz CT molecular complexity index is 584. The highest BCUT2D eigenvalue weighted by atomic mass is 16.5. The van der Waals surface area contributed by atoms with Crippen LogP contribution in [0.4, 0.5) is 0 Å².